The summed E-state index contributed by atoms with van der Waals surface area (Å²) in [6.45, 7) is 0. The molecule has 2 unspecified atom stereocenters. The highest BCUT2D eigenvalue weighted by Crippen LogP contribution is 2.39. The monoisotopic (exact) mass is 741 g/mol. The van der Waals surface area contributed by atoms with Crippen molar-refractivity contribution in [3.8, 4) is 33.4 Å². The first-order valence-electron chi connectivity index (χ1n) is 20.0. The van der Waals surface area contributed by atoms with Crippen LogP contribution in [-0.2, 0) is 0 Å². The molecule has 0 bridgehead atoms. The lowest BCUT2D eigenvalue weighted by Crippen LogP contribution is -2.45. The Bertz CT molecular complexity index is 3170. The largest absolute Gasteiger partial charge is 0.350 e. The van der Waals surface area contributed by atoms with Gasteiger partial charge in [-0.2, -0.15) is 0 Å². The van der Waals surface area contributed by atoms with E-state index in [1.807, 2.05) is 0 Å². The first kappa shape index (κ1) is 34.0. The van der Waals surface area contributed by atoms with Crippen LogP contribution in [-0.4, -0.2) is 5.84 Å². The van der Waals surface area contributed by atoms with Crippen molar-refractivity contribution in [3.63, 3.8) is 0 Å². The number of rotatable bonds is 6. The maximum absolute atomic E-state index is 5.29. The number of amidine groups is 1. The summed E-state index contributed by atoms with van der Waals surface area (Å²) in [6, 6.07) is 76.8. The van der Waals surface area contributed by atoms with Gasteiger partial charge in [0.2, 0.25) is 0 Å². The van der Waals surface area contributed by atoms with E-state index in [0.29, 0.717) is 0 Å². The van der Waals surface area contributed by atoms with Gasteiger partial charge in [-0.1, -0.05) is 194 Å². The van der Waals surface area contributed by atoms with Crippen molar-refractivity contribution in [2.45, 2.75) is 12.3 Å². The molecule has 1 heterocycles. The Morgan fingerprint density at radius 1 is 0.345 bits per heavy atom. The third kappa shape index (κ3) is 6.19. The summed E-state index contributed by atoms with van der Waals surface area (Å²) >= 11 is 0. The van der Waals surface area contributed by atoms with Crippen LogP contribution in [0.3, 0.4) is 0 Å². The van der Waals surface area contributed by atoms with Crippen LogP contribution in [0.2, 0.25) is 0 Å². The maximum Gasteiger partial charge on any atom is 0.131 e. The molecule has 0 saturated heterocycles. The number of fused-ring (bicyclic) bond motifs is 6. The van der Waals surface area contributed by atoms with E-state index in [9.17, 15) is 0 Å². The molecule has 0 amide bonds. The second-order valence-corrected chi connectivity index (χ2v) is 15.2. The molecule has 3 nitrogen and oxygen atoms in total. The molecule has 2 atom stereocenters. The van der Waals surface area contributed by atoms with Gasteiger partial charge in [-0.15, -0.1) is 0 Å². The molecule has 10 aromatic rings. The molecular weight excluding hydrogens is 703 g/mol. The van der Waals surface area contributed by atoms with Crippen molar-refractivity contribution < 1.29 is 0 Å². The Labute approximate surface area is 338 Å². The number of nitrogens with one attached hydrogen (secondary N) is 2. The molecule has 274 valence electrons. The lowest BCUT2D eigenvalue weighted by Gasteiger charge is -2.33. The van der Waals surface area contributed by atoms with Crippen molar-refractivity contribution in [3.05, 3.63) is 229 Å². The highest BCUT2D eigenvalue weighted by atomic mass is 15.3. The van der Waals surface area contributed by atoms with Crippen molar-refractivity contribution in [1.82, 2.24) is 10.6 Å². The van der Waals surface area contributed by atoms with E-state index in [4.69, 9.17) is 4.99 Å². The Hall–Kier alpha value is -7.33. The Kier molecular flexibility index (Phi) is 8.38. The quantitative estimate of drug-likeness (QED) is 0.167. The summed E-state index contributed by atoms with van der Waals surface area (Å²) in [5, 5.41) is 17.8. The zero-order valence-corrected chi connectivity index (χ0v) is 31.8. The van der Waals surface area contributed by atoms with Gasteiger partial charge in [-0.05, 0) is 106 Å². The molecular formula is C55H39N3. The van der Waals surface area contributed by atoms with Gasteiger partial charge in [0.1, 0.15) is 18.2 Å². The molecule has 0 fully saturated rings. The van der Waals surface area contributed by atoms with E-state index in [1.165, 1.54) is 76.5 Å². The number of aliphatic imine (C=N–C) groups is 1. The molecule has 10 aromatic carbocycles. The molecule has 0 aromatic heterocycles. The van der Waals surface area contributed by atoms with E-state index < -0.39 is 0 Å². The average molecular weight is 742 g/mol. The van der Waals surface area contributed by atoms with Gasteiger partial charge in [0.25, 0.3) is 0 Å². The topological polar surface area (TPSA) is 36.4 Å². The fraction of sp³-hybridized carbons (Fsp3) is 0.0364. The molecule has 58 heavy (non-hydrogen) atoms. The predicted octanol–water partition coefficient (Wildman–Crippen LogP) is 13.6. The lowest BCUT2D eigenvalue weighted by molar-refractivity contribution is 0.409. The summed E-state index contributed by atoms with van der Waals surface area (Å²) in [5.74, 6) is 0.863. The maximum atomic E-state index is 5.29. The third-order valence-electron chi connectivity index (χ3n) is 11.7. The van der Waals surface area contributed by atoms with Crippen LogP contribution < -0.4 is 10.6 Å². The van der Waals surface area contributed by atoms with Crippen LogP contribution in [0.5, 0.6) is 0 Å². The standard InChI is InChI=1S/C55H39N3/c1-3-11-36(12-4-1)37-19-27-43(28-20-37)54-56-53(42-15-5-2-6-16-42)57-55(58-54)49-32-31-45(44-29-25-40-23-21-38-13-7-9-17-47(38)50(40)33-44)34-52(49)46-30-26-41-24-22-39-14-8-10-18-48(39)51(41)35-46/h1-35,54-55,58H,(H,56,57). The minimum absolute atomic E-state index is 0.237. The second-order valence-electron chi connectivity index (χ2n) is 15.2. The van der Waals surface area contributed by atoms with Crippen molar-refractivity contribution in [1.29, 1.82) is 0 Å². The third-order valence-corrected chi connectivity index (χ3v) is 11.7. The zero-order chi connectivity index (χ0) is 38.4. The molecule has 0 saturated carbocycles. The van der Waals surface area contributed by atoms with E-state index >= 15 is 0 Å². The van der Waals surface area contributed by atoms with Gasteiger partial charge in [0, 0.05) is 5.56 Å². The predicted molar refractivity (Wildman–Crippen MR) is 244 cm³/mol. The SMILES string of the molecule is c1ccc(C2=NC(c3ccc(-c4ccccc4)cc3)NC(c3ccc(-c4ccc5ccc6ccccc6c5c4)cc3-c3ccc4ccc5ccccc5c4c3)N2)cc1. The number of nitrogens with zero attached hydrogens (tertiary/aromatic N) is 1. The Balaban J connectivity index is 1.07. The van der Waals surface area contributed by atoms with Crippen LogP contribution in [0.25, 0.3) is 76.5 Å². The summed E-state index contributed by atoms with van der Waals surface area (Å²) < 4.78 is 0. The molecule has 2 N–H and O–H groups in total. The van der Waals surface area contributed by atoms with Crippen molar-refractivity contribution in [2.24, 2.45) is 4.99 Å². The van der Waals surface area contributed by atoms with E-state index in [-0.39, 0.29) is 12.3 Å². The van der Waals surface area contributed by atoms with Crippen LogP contribution in [0.15, 0.2) is 217 Å². The fourth-order valence-electron chi connectivity index (χ4n) is 8.71. The Morgan fingerprint density at radius 3 is 1.47 bits per heavy atom. The van der Waals surface area contributed by atoms with Gasteiger partial charge in [0.15, 0.2) is 0 Å². The molecule has 3 heteroatoms. The van der Waals surface area contributed by atoms with Crippen molar-refractivity contribution in [2.75, 3.05) is 0 Å². The normalized spacial score (nSPS) is 15.4. The number of hydrogen-bond donors (Lipinski definition) is 2. The number of hydrogen-bond acceptors (Lipinski definition) is 3. The highest BCUT2D eigenvalue weighted by molar-refractivity contribution is 6.10. The molecule has 0 radical (unpaired) electrons. The first-order valence-corrected chi connectivity index (χ1v) is 20.0. The van der Waals surface area contributed by atoms with Gasteiger partial charge in [-0.25, -0.2) is 4.99 Å². The van der Waals surface area contributed by atoms with Crippen molar-refractivity contribution >= 4 is 48.9 Å². The highest BCUT2D eigenvalue weighted by Gasteiger charge is 2.28. The second kappa shape index (κ2) is 14.3. The van der Waals surface area contributed by atoms with Crippen LogP contribution >= 0.6 is 0 Å². The van der Waals surface area contributed by atoms with Gasteiger partial charge < -0.3 is 5.32 Å². The smallest absolute Gasteiger partial charge is 0.131 e. The summed E-state index contributed by atoms with van der Waals surface area (Å²) in [6.07, 6.45) is -0.507. The minimum atomic E-state index is -0.270. The summed E-state index contributed by atoms with van der Waals surface area (Å²) in [7, 11) is 0. The van der Waals surface area contributed by atoms with Crippen LogP contribution in [0.4, 0.5) is 0 Å². The molecule has 11 rings (SSSR count). The zero-order valence-electron chi connectivity index (χ0n) is 31.8. The van der Waals surface area contributed by atoms with Crippen LogP contribution in [0.1, 0.15) is 29.0 Å². The average Bonchev–Trinajstić information content (AvgIpc) is 3.31. The van der Waals surface area contributed by atoms with E-state index in [1.54, 1.807) is 0 Å². The minimum Gasteiger partial charge on any atom is -0.350 e. The molecule has 1 aliphatic rings. The fourth-order valence-corrected chi connectivity index (χ4v) is 8.71. The molecule has 1 aliphatic heterocycles. The van der Waals surface area contributed by atoms with Crippen LogP contribution in [0, 0.1) is 0 Å². The lowest BCUT2D eigenvalue weighted by atomic mass is 9.90. The molecule has 0 aliphatic carbocycles. The molecule has 0 spiro atoms. The summed E-state index contributed by atoms with van der Waals surface area (Å²) in [5.41, 5.74) is 10.4. The van der Waals surface area contributed by atoms with Gasteiger partial charge in [0.05, 0.1) is 0 Å². The first-order chi connectivity index (χ1) is 28.7. The van der Waals surface area contributed by atoms with Gasteiger partial charge in [-0.3, -0.25) is 5.32 Å². The van der Waals surface area contributed by atoms with E-state index in [0.717, 1.165) is 22.5 Å². The number of benzene rings is 10. The summed E-state index contributed by atoms with van der Waals surface area (Å²) in [4.78, 5) is 5.29. The van der Waals surface area contributed by atoms with Gasteiger partial charge >= 0.3 is 0 Å². The van der Waals surface area contributed by atoms with E-state index in [2.05, 4.69) is 223 Å². The Morgan fingerprint density at radius 2 is 0.810 bits per heavy atom.